The number of nitro groups is 1. The monoisotopic (exact) mass is 260 g/mol. The third kappa shape index (κ3) is 2.57. The van der Waals surface area contributed by atoms with Crippen LogP contribution in [-0.2, 0) is 6.54 Å². The summed E-state index contributed by atoms with van der Waals surface area (Å²) in [6, 6.07) is 7.04. The SMILES string of the molecule is CNc1c(Cn2nc(C)cc2C)cccc1[N+](=O)[O-]. The van der Waals surface area contributed by atoms with Gasteiger partial charge in [0.1, 0.15) is 5.69 Å². The largest absolute Gasteiger partial charge is 0.382 e. The Kier molecular flexibility index (Phi) is 3.50. The fourth-order valence-electron chi connectivity index (χ4n) is 2.16. The van der Waals surface area contributed by atoms with Gasteiger partial charge in [0.15, 0.2) is 0 Å². The highest BCUT2D eigenvalue weighted by atomic mass is 16.6. The van der Waals surface area contributed by atoms with Gasteiger partial charge in [-0.2, -0.15) is 5.10 Å². The van der Waals surface area contributed by atoms with Crippen molar-refractivity contribution in [3.8, 4) is 0 Å². The van der Waals surface area contributed by atoms with E-state index in [1.54, 1.807) is 13.1 Å². The molecule has 1 aromatic heterocycles. The Morgan fingerprint density at radius 2 is 2.16 bits per heavy atom. The lowest BCUT2D eigenvalue weighted by molar-refractivity contribution is -0.384. The number of aromatic nitrogens is 2. The second-order valence-corrected chi connectivity index (χ2v) is 4.40. The van der Waals surface area contributed by atoms with E-state index in [2.05, 4.69) is 10.4 Å². The molecule has 0 radical (unpaired) electrons. The van der Waals surface area contributed by atoms with Crippen LogP contribution in [0, 0.1) is 24.0 Å². The third-order valence-electron chi connectivity index (χ3n) is 3.00. The Hall–Kier alpha value is -2.37. The summed E-state index contributed by atoms with van der Waals surface area (Å²) in [5, 5.41) is 18.3. The molecule has 0 atom stereocenters. The predicted octanol–water partition coefficient (Wildman–Crippen LogP) is 2.50. The Morgan fingerprint density at radius 3 is 2.68 bits per heavy atom. The molecule has 1 aromatic carbocycles. The Bertz CT molecular complexity index is 619. The summed E-state index contributed by atoms with van der Waals surface area (Å²) in [6.45, 7) is 4.41. The molecule has 0 amide bonds. The minimum Gasteiger partial charge on any atom is -0.382 e. The molecule has 0 aliphatic rings. The molecular weight excluding hydrogens is 244 g/mol. The van der Waals surface area contributed by atoms with Crippen molar-refractivity contribution >= 4 is 11.4 Å². The summed E-state index contributed by atoms with van der Waals surface area (Å²) < 4.78 is 1.84. The standard InChI is InChI=1S/C13H16N4O2/c1-9-7-10(2)16(15-9)8-11-5-4-6-12(17(18)19)13(11)14-3/h4-7,14H,8H2,1-3H3. The predicted molar refractivity (Wildman–Crippen MR) is 73.4 cm³/mol. The van der Waals surface area contributed by atoms with Crippen LogP contribution in [-0.4, -0.2) is 21.8 Å². The van der Waals surface area contributed by atoms with Crippen molar-refractivity contribution in [2.45, 2.75) is 20.4 Å². The summed E-state index contributed by atoms with van der Waals surface area (Å²) in [7, 11) is 1.69. The third-order valence-corrected chi connectivity index (χ3v) is 3.00. The molecule has 2 aromatic rings. The quantitative estimate of drug-likeness (QED) is 0.677. The lowest BCUT2D eigenvalue weighted by Crippen LogP contribution is -2.08. The van der Waals surface area contributed by atoms with Gasteiger partial charge in [0, 0.05) is 24.4 Å². The zero-order chi connectivity index (χ0) is 14.0. The molecule has 2 rings (SSSR count). The van der Waals surface area contributed by atoms with Crippen LogP contribution < -0.4 is 5.32 Å². The van der Waals surface area contributed by atoms with Gasteiger partial charge in [0.2, 0.25) is 0 Å². The molecule has 0 bridgehead atoms. The first-order valence-electron chi connectivity index (χ1n) is 5.98. The highest BCUT2D eigenvalue weighted by Gasteiger charge is 2.16. The number of rotatable bonds is 4. The Morgan fingerprint density at radius 1 is 1.42 bits per heavy atom. The average Bonchev–Trinajstić information content (AvgIpc) is 2.67. The van der Waals surface area contributed by atoms with E-state index in [1.165, 1.54) is 6.07 Å². The molecule has 6 heteroatoms. The van der Waals surface area contributed by atoms with Crippen molar-refractivity contribution < 1.29 is 4.92 Å². The van der Waals surface area contributed by atoms with Gasteiger partial charge in [-0.3, -0.25) is 14.8 Å². The minimum atomic E-state index is -0.378. The smallest absolute Gasteiger partial charge is 0.292 e. The van der Waals surface area contributed by atoms with E-state index in [0.717, 1.165) is 17.0 Å². The summed E-state index contributed by atoms with van der Waals surface area (Å²) in [6.07, 6.45) is 0. The van der Waals surface area contributed by atoms with Gasteiger partial charge >= 0.3 is 0 Å². The topological polar surface area (TPSA) is 73.0 Å². The van der Waals surface area contributed by atoms with E-state index < -0.39 is 0 Å². The normalized spacial score (nSPS) is 10.5. The number of nitro benzene ring substituents is 1. The van der Waals surface area contributed by atoms with Crippen molar-refractivity contribution in [2.75, 3.05) is 12.4 Å². The second kappa shape index (κ2) is 5.09. The maximum Gasteiger partial charge on any atom is 0.292 e. The molecule has 1 heterocycles. The number of nitrogens with zero attached hydrogens (tertiary/aromatic N) is 3. The molecule has 19 heavy (non-hydrogen) atoms. The van der Waals surface area contributed by atoms with Gasteiger partial charge in [0.25, 0.3) is 5.69 Å². The lowest BCUT2D eigenvalue weighted by atomic mass is 10.1. The van der Waals surface area contributed by atoms with E-state index in [-0.39, 0.29) is 10.6 Å². The van der Waals surface area contributed by atoms with Crippen LogP contribution in [0.3, 0.4) is 0 Å². The molecule has 0 spiro atoms. The first-order valence-corrected chi connectivity index (χ1v) is 5.98. The molecule has 0 saturated carbocycles. The number of hydrogen-bond donors (Lipinski definition) is 1. The molecule has 0 saturated heterocycles. The molecule has 0 aliphatic carbocycles. The number of anilines is 1. The van der Waals surface area contributed by atoms with Crippen LogP contribution in [0.1, 0.15) is 17.0 Å². The molecular formula is C13H16N4O2. The first-order chi connectivity index (χ1) is 9.02. The highest BCUT2D eigenvalue weighted by molar-refractivity contribution is 5.66. The fourth-order valence-corrected chi connectivity index (χ4v) is 2.16. The van der Waals surface area contributed by atoms with Crippen molar-refractivity contribution in [1.82, 2.24) is 9.78 Å². The fraction of sp³-hybridized carbons (Fsp3) is 0.308. The molecule has 6 nitrogen and oxygen atoms in total. The van der Waals surface area contributed by atoms with Crippen LogP contribution >= 0.6 is 0 Å². The van der Waals surface area contributed by atoms with E-state index >= 15 is 0 Å². The van der Waals surface area contributed by atoms with Gasteiger partial charge in [0.05, 0.1) is 17.2 Å². The second-order valence-electron chi connectivity index (χ2n) is 4.40. The van der Waals surface area contributed by atoms with Crippen LogP contribution in [0.2, 0.25) is 0 Å². The van der Waals surface area contributed by atoms with Gasteiger partial charge in [-0.25, -0.2) is 0 Å². The van der Waals surface area contributed by atoms with E-state index in [4.69, 9.17) is 0 Å². The van der Waals surface area contributed by atoms with E-state index in [0.29, 0.717) is 12.2 Å². The molecule has 0 fully saturated rings. The number of aryl methyl sites for hydroxylation is 2. The number of para-hydroxylation sites is 1. The van der Waals surface area contributed by atoms with Gasteiger partial charge in [-0.1, -0.05) is 12.1 Å². The van der Waals surface area contributed by atoms with Gasteiger partial charge in [-0.15, -0.1) is 0 Å². The maximum absolute atomic E-state index is 11.0. The molecule has 100 valence electrons. The first kappa shape index (κ1) is 13.1. The van der Waals surface area contributed by atoms with Crippen LogP contribution in [0.25, 0.3) is 0 Å². The molecule has 0 unspecified atom stereocenters. The lowest BCUT2D eigenvalue weighted by Gasteiger charge is -2.10. The average molecular weight is 260 g/mol. The van der Waals surface area contributed by atoms with Crippen LogP contribution in [0.15, 0.2) is 24.3 Å². The summed E-state index contributed by atoms with van der Waals surface area (Å²) >= 11 is 0. The zero-order valence-corrected chi connectivity index (χ0v) is 11.2. The Balaban J connectivity index is 2.43. The summed E-state index contributed by atoms with van der Waals surface area (Å²) in [5.74, 6) is 0. The zero-order valence-electron chi connectivity index (χ0n) is 11.2. The number of hydrogen-bond acceptors (Lipinski definition) is 4. The van der Waals surface area contributed by atoms with E-state index in [1.807, 2.05) is 30.7 Å². The highest BCUT2D eigenvalue weighted by Crippen LogP contribution is 2.28. The van der Waals surface area contributed by atoms with Crippen molar-refractivity contribution in [3.63, 3.8) is 0 Å². The van der Waals surface area contributed by atoms with E-state index in [9.17, 15) is 10.1 Å². The minimum absolute atomic E-state index is 0.0848. The number of benzene rings is 1. The van der Waals surface area contributed by atoms with Gasteiger partial charge < -0.3 is 5.32 Å². The van der Waals surface area contributed by atoms with Gasteiger partial charge in [-0.05, 0) is 19.9 Å². The molecule has 1 N–H and O–H groups in total. The maximum atomic E-state index is 11.0. The molecule has 0 aliphatic heterocycles. The van der Waals surface area contributed by atoms with Crippen LogP contribution in [0.5, 0.6) is 0 Å². The van der Waals surface area contributed by atoms with Crippen molar-refractivity contribution in [1.29, 1.82) is 0 Å². The van der Waals surface area contributed by atoms with Crippen LogP contribution in [0.4, 0.5) is 11.4 Å². The summed E-state index contributed by atoms with van der Waals surface area (Å²) in [4.78, 5) is 10.6. The van der Waals surface area contributed by atoms with Crippen molar-refractivity contribution in [2.24, 2.45) is 0 Å². The Labute approximate surface area is 111 Å². The summed E-state index contributed by atoms with van der Waals surface area (Å²) in [5.41, 5.74) is 3.45. The van der Waals surface area contributed by atoms with Crippen molar-refractivity contribution in [3.05, 3.63) is 51.3 Å². The number of nitrogens with one attached hydrogen (secondary N) is 1.